The predicted octanol–water partition coefficient (Wildman–Crippen LogP) is 3.16. The summed E-state index contributed by atoms with van der Waals surface area (Å²) < 4.78 is 50.3. The zero-order valence-electron chi connectivity index (χ0n) is 21.4. The number of hydrogen-bond donors (Lipinski definition) is 3. The van der Waals surface area contributed by atoms with Crippen molar-refractivity contribution in [1.29, 1.82) is 0 Å². The fraction of sp³-hybridized carbons (Fsp3) is 0.320. The van der Waals surface area contributed by atoms with Gasteiger partial charge in [0, 0.05) is 29.3 Å². The molecular weight excluding hydrogens is 553 g/mol. The molecule has 0 aliphatic carbocycles. The van der Waals surface area contributed by atoms with Crippen LogP contribution >= 0.6 is 11.3 Å². The number of carbonyl (C=O) groups excluding carboxylic acids is 2. The van der Waals surface area contributed by atoms with E-state index in [1.165, 1.54) is 17.5 Å². The molecule has 0 aliphatic rings. The highest BCUT2D eigenvalue weighted by Gasteiger charge is 2.38. The van der Waals surface area contributed by atoms with Crippen LogP contribution in [0.5, 0.6) is 5.75 Å². The lowest BCUT2D eigenvalue weighted by atomic mass is 10.1. The largest absolute Gasteiger partial charge is 0.489 e. The van der Waals surface area contributed by atoms with E-state index in [4.69, 9.17) is 15.2 Å². The zero-order valence-corrected chi connectivity index (χ0v) is 22.2. The van der Waals surface area contributed by atoms with Gasteiger partial charge in [0.1, 0.15) is 30.6 Å². The number of nitrogens with one attached hydrogen (secondary N) is 1. The Hall–Kier alpha value is -4.24. The van der Waals surface area contributed by atoms with Crippen molar-refractivity contribution in [3.8, 4) is 17.1 Å². The van der Waals surface area contributed by atoms with Gasteiger partial charge in [-0.05, 0) is 30.9 Å². The number of aromatic nitrogens is 4. The molecule has 212 valence electrons. The van der Waals surface area contributed by atoms with Gasteiger partial charge in [-0.2, -0.15) is 13.2 Å². The number of nitrogen functional groups attached to an aromatic ring is 1. The maximum atomic E-state index is 12.6. The average molecular weight is 579 g/mol. The number of esters is 1. The highest BCUT2D eigenvalue weighted by atomic mass is 32.1. The monoisotopic (exact) mass is 578 g/mol. The number of pyridine rings is 1. The number of aliphatic hydroxyl groups is 1. The second-order valence-corrected chi connectivity index (χ2v) is 9.51. The van der Waals surface area contributed by atoms with E-state index in [0.29, 0.717) is 39.6 Å². The molecule has 0 aliphatic heterocycles. The van der Waals surface area contributed by atoms with Crippen molar-refractivity contribution < 1.29 is 37.3 Å². The van der Waals surface area contributed by atoms with Gasteiger partial charge in [-0.15, -0.1) is 21.5 Å². The molecule has 0 spiro atoms. The molecule has 1 aromatic carbocycles. The van der Waals surface area contributed by atoms with Gasteiger partial charge in [0.05, 0.1) is 23.4 Å². The first-order chi connectivity index (χ1) is 19.0. The van der Waals surface area contributed by atoms with Crippen molar-refractivity contribution in [2.75, 3.05) is 25.5 Å². The van der Waals surface area contributed by atoms with Crippen LogP contribution in [-0.2, 0) is 22.7 Å². The molecule has 0 radical (unpaired) electrons. The van der Waals surface area contributed by atoms with Crippen molar-refractivity contribution in [2.45, 2.75) is 33.2 Å². The number of hydrogen-bond acceptors (Lipinski definition) is 10. The van der Waals surface area contributed by atoms with Crippen molar-refractivity contribution >= 4 is 39.1 Å². The number of amides is 1. The summed E-state index contributed by atoms with van der Waals surface area (Å²) in [6.07, 6.45) is -3.79. The molecule has 0 unspecified atom stereocenters. The second kappa shape index (κ2) is 11.9. The molecule has 3 heterocycles. The van der Waals surface area contributed by atoms with Gasteiger partial charge in [0.25, 0.3) is 0 Å². The molecule has 11 nitrogen and oxygen atoms in total. The third-order valence-electron chi connectivity index (χ3n) is 5.89. The number of halogens is 3. The van der Waals surface area contributed by atoms with Crippen molar-refractivity contribution in [3.63, 3.8) is 0 Å². The lowest BCUT2D eigenvalue weighted by Crippen LogP contribution is -2.38. The van der Waals surface area contributed by atoms with E-state index in [1.54, 1.807) is 22.2 Å². The molecule has 0 fully saturated rings. The van der Waals surface area contributed by atoms with E-state index in [9.17, 15) is 27.9 Å². The van der Waals surface area contributed by atoms with Gasteiger partial charge in [0.15, 0.2) is 5.82 Å². The minimum Gasteiger partial charge on any atom is -0.489 e. The molecule has 4 N–H and O–H groups in total. The standard InChI is InChI=1S/C25H25F3N6O5S/c1-13-3-4-15(22-33-32-14(2)34(22)6-7-35)9-18(13)39-11-16-12-40-20-17(10-31-21(29)19(16)20)23(36)38-8-5-30-24(37)25(26,27)28/h3-4,9-10,12,35H,5-8,11H2,1-2H3,(H2,29,31)(H,30,37). The number of anilines is 1. The first-order valence-corrected chi connectivity index (χ1v) is 12.8. The topological polar surface area (TPSA) is 154 Å². The summed E-state index contributed by atoms with van der Waals surface area (Å²) in [6.45, 7) is 3.09. The van der Waals surface area contributed by atoms with Gasteiger partial charge in [-0.25, -0.2) is 9.78 Å². The first-order valence-electron chi connectivity index (χ1n) is 11.9. The Morgan fingerprint density at radius 1 is 1.23 bits per heavy atom. The number of benzene rings is 1. The van der Waals surface area contributed by atoms with E-state index in [-0.39, 0.29) is 24.6 Å². The number of fused-ring (bicyclic) bond motifs is 1. The summed E-state index contributed by atoms with van der Waals surface area (Å²) in [4.78, 5) is 27.6. The normalized spacial score (nSPS) is 11.6. The summed E-state index contributed by atoms with van der Waals surface area (Å²) in [5.41, 5.74) is 8.47. The van der Waals surface area contributed by atoms with Gasteiger partial charge in [-0.3, -0.25) is 4.79 Å². The van der Waals surface area contributed by atoms with E-state index in [2.05, 4.69) is 15.2 Å². The Kier molecular flexibility index (Phi) is 8.54. The van der Waals surface area contributed by atoms with Crippen molar-refractivity contribution in [1.82, 2.24) is 25.1 Å². The predicted molar refractivity (Wildman–Crippen MR) is 140 cm³/mol. The van der Waals surface area contributed by atoms with Crippen LogP contribution in [0.3, 0.4) is 0 Å². The summed E-state index contributed by atoms with van der Waals surface area (Å²) in [6, 6.07) is 5.59. The number of thiophene rings is 1. The quantitative estimate of drug-likeness (QED) is 0.190. The Labute approximate surface area is 229 Å². The van der Waals surface area contributed by atoms with Gasteiger partial charge < -0.3 is 30.2 Å². The molecular formula is C25H25F3N6O5S. The smallest absolute Gasteiger partial charge is 0.471 e. The number of nitrogens with zero attached hydrogens (tertiary/aromatic N) is 4. The van der Waals surface area contributed by atoms with E-state index in [0.717, 1.165) is 11.1 Å². The second-order valence-electron chi connectivity index (χ2n) is 8.63. The van der Waals surface area contributed by atoms with Crippen LogP contribution in [0.15, 0.2) is 29.8 Å². The van der Waals surface area contributed by atoms with Crippen molar-refractivity contribution in [3.05, 3.63) is 52.3 Å². The Morgan fingerprint density at radius 2 is 2.00 bits per heavy atom. The number of aliphatic hydroxyl groups excluding tert-OH is 1. The van der Waals surface area contributed by atoms with E-state index >= 15 is 0 Å². The van der Waals surface area contributed by atoms with E-state index in [1.807, 2.05) is 25.1 Å². The maximum absolute atomic E-state index is 12.6. The third kappa shape index (κ3) is 6.15. The third-order valence-corrected chi connectivity index (χ3v) is 6.95. The molecule has 4 aromatic rings. The van der Waals surface area contributed by atoms with Gasteiger partial charge in [-0.1, -0.05) is 12.1 Å². The minimum atomic E-state index is -5.02. The number of nitrogens with two attached hydrogens (primary N) is 1. The molecule has 4 rings (SSSR count). The SMILES string of the molecule is Cc1ccc(-c2nnc(C)n2CCO)cc1OCc1csc2c(C(=O)OCCNC(=O)C(F)(F)F)cnc(N)c12. The first kappa shape index (κ1) is 28.8. The molecule has 0 bridgehead atoms. The van der Waals surface area contributed by atoms with Crippen LogP contribution in [-0.4, -0.2) is 62.7 Å². The number of aryl methyl sites for hydroxylation is 2. The molecule has 3 aromatic heterocycles. The molecule has 1 amide bonds. The number of rotatable bonds is 10. The number of ether oxygens (including phenoxy) is 2. The van der Waals surface area contributed by atoms with Crippen molar-refractivity contribution in [2.24, 2.45) is 0 Å². The lowest BCUT2D eigenvalue weighted by molar-refractivity contribution is -0.173. The number of carbonyl (C=O) groups is 2. The van der Waals surface area contributed by atoms with Crippen LogP contribution in [0, 0.1) is 13.8 Å². The van der Waals surface area contributed by atoms with E-state index < -0.39 is 31.2 Å². The Balaban J connectivity index is 1.49. The Morgan fingerprint density at radius 3 is 2.73 bits per heavy atom. The Bertz CT molecular complexity index is 1550. The van der Waals surface area contributed by atoms with Crippen LogP contribution in [0.1, 0.15) is 27.3 Å². The van der Waals surface area contributed by atoms with Crippen LogP contribution < -0.4 is 15.8 Å². The molecule has 0 atom stereocenters. The summed E-state index contributed by atoms with van der Waals surface area (Å²) >= 11 is 1.22. The van der Waals surface area contributed by atoms with Gasteiger partial charge in [0.2, 0.25) is 0 Å². The molecule has 15 heteroatoms. The van der Waals surface area contributed by atoms with Crippen LogP contribution in [0.2, 0.25) is 0 Å². The fourth-order valence-corrected chi connectivity index (χ4v) is 4.94. The highest BCUT2D eigenvalue weighted by Crippen LogP contribution is 2.34. The summed E-state index contributed by atoms with van der Waals surface area (Å²) in [5.74, 6) is -0.935. The van der Waals surface area contributed by atoms with Crippen LogP contribution in [0.4, 0.5) is 19.0 Å². The number of alkyl halides is 3. The minimum absolute atomic E-state index is 0.0636. The zero-order chi connectivity index (χ0) is 29.0. The van der Waals surface area contributed by atoms with Crippen LogP contribution in [0.25, 0.3) is 21.5 Å². The lowest BCUT2D eigenvalue weighted by Gasteiger charge is -2.12. The summed E-state index contributed by atoms with van der Waals surface area (Å²) in [5, 5.41) is 21.6. The van der Waals surface area contributed by atoms with Gasteiger partial charge >= 0.3 is 18.1 Å². The fourth-order valence-electron chi connectivity index (χ4n) is 3.88. The summed E-state index contributed by atoms with van der Waals surface area (Å²) in [7, 11) is 0. The maximum Gasteiger partial charge on any atom is 0.471 e. The molecule has 0 saturated heterocycles. The highest BCUT2D eigenvalue weighted by molar-refractivity contribution is 7.17. The molecule has 0 saturated carbocycles. The molecule has 40 heavy (non-hydrogen) atoms. The average Bonchev–Trinajstić information content (AvgIpc) is 3.50.